The van der Waals surface area contributed by atoms with Gasteiger partial charge in [0.15, 0.2) is 0 Å². The van der Waals surface area contributed by atoms with E-state index in [1.165, 1.54) is 5.56 Å². The molecule has 0 radical (unpaired) electrons. The van der Waals surface area contributed by atoms with Crippen LogP contribution in [0.25, 0.3) is 0 Å². The minimum Gasteiger partial charge on any atom is -0.508 e. The zero-order valence-electron chi connectivity index (χ0n) is 15.4. The van der Waals surface area contributed by atoms with Crippen LogP contribution < -0.4 is 5.32 Å². The van der Waals surface area contributed by atoms with Gasteiger partial charge in [-0.15, -0.1) is 0 Å². The molecule has 1 amide bonds. The SMILES string of the molecule is COCCCNCc1cc(C)c2c(c1)CN(Cc1ccc(O)cc1)C2=O. The minimum absolute atomic E-state index is 0.0881. The van der Waals surface area contributed by atoms with Crippen molar-refractivity contribution in [2.75, 3.05) is 20.3 Å². The first-order chi connectivity index (χ1) is 12.6. The first-order valence-electron chi connectivity index (χ1n) is 8.97. The Labute approximate surface area is 154 Å². The van der Waals surface area contributed by atoms with Gasteiger partial charge in [-0.25, -0.2) is 0 Å². The second kappa shape index (κ2) is 8.34. The van der Waals surface area contributed by atoms with Crippen LogP contribution >= 0.6 is 0 Å². The number of fused-ring (bicyclic) bond motifs is 1. The molecule has 0 spiro atoms. The molecule has 0 saturated carbocycles. The molecule has 2 aromatic rings. The molecule has 1 heterocycles. The molecule has 1 aliphatic rings. The van der Waals surface area contributed by atoms with E-state index in [2.05, 4.69) is 17.4 Å². The Bertz CT molecular complexity index is 772. The number of carbonyl (C=O) groups is 1. The van der Waals surface area contributed by atoms with Crippen molar-refractivity contribution in [1.82, 2.24) is 10.2 Å². The number of benzene rings is 2. The van der Waals surface area contributed by atoms with Gasteiger partial charge in [0.05, 0.1) is 0 Å². The first kappa shape index (κ1) is 18.4. The number of hydrogen-bond acceptors (Lipinski definition) is 4. The van der Waals surface area contributed by atoms with Crippen molar-refractivity contribution in [1.29, 1.82) is 0 Å². The Morgan fingerprint density at radius 1 is 1.19 bits per heavy atom. The Hall–Kier alpha value is -2.37. The Morgan fingerprint density at radius 3 is 2.69 bits per heavy atom. The monoisotopic (exact) mass is 354 g/mol. The zero-order valence-corrected chi connectivity index (χ0v) is 15.4. The summed E-state index contributed by atoms with van der Waals surface area (Å²) in [7, 11) is 1.71. The highest BCUT2D eigenvalue weighted by Gasteiger charge is 2.29. The number of phenols is 1. The van der Waals surface area contributed by atoms with Gasteiger partial charge in [0.2, 0.25) is 0 Å². The molecule has 0 atom stereocenters. The lowest BCUT2D eigenvalue weighted by Crippen LogP contribution is -2.23. The number of nitrogens with zero attached hydrogens (tertiary/aromatic N) is 1. The molecule has 26 heavy (non-hydrogen) atoms. The van der Waals surface area contributed by atoms with Crippen LogP contribution in [-0.2, 0) is 24.4 Å². The van der Waals surface area contributed by atoms with Crippen LogP contribution in [0.3, 0.4) is 0 Å². The molecule has 0 aliphatic carbocycles. The highest BCUT2D eigenvalue weighted by atomic mass is 16.5. The highest BCUT2D eigenvalue weighted by molar-refractivity contribution is 5.99. The van der Waals surface area contributed by atoms with Gasteiger partial charge < -0.3 is 20.1 Å². The molecule has 0 bridgehead atoms. The van der Waals surface area contributed by atoms with E-state index in [1.807, 2.05) is 24.0 Å². The molecule has 0 unspecified atom stereocenters. The quantitative estimate of drug-likeness (QED) is 0.716. The largest absolute Gasteiger partial charge is 0.508 e. The van der Waals surface area contributed by atoms with E-state index in [4.69, 9.17) is 4.74 Å². The van der Waals surface area contributed by atoms with Gasteiger partial charge in [-0.3, -0.25) is 4.79 Å². The lowest BCUT2D eigenvalue weighted by molar-refractivity contribution is 0.0766. The molecule has 0 fully saturated rings. The second-order valence-corrected chi connectivity index (χ2v) is 6.80. The second-order valence-electron chi connectivity index (χ2n) is 6.80. The van der Waals surface area contributed by atoms with Crippen LogP contribution in [0.15, 0.2) is 36.4 Å². The first-order valence-corrected chi connectivity index (χ1v) is 8.97. The predicted molar refractivity (Wildman–Crippen MR) is 101 cm³/mol. The van der Waals surface area contributed by atoms with Crippen molar-refractivity contribution < 1.29 is 14.6 Å². The maximum atomic E-state index is 12.8. The lowest BCUT2D eigenvalue weighted by atomic mass is 10.0. The van der Waals surface area contributed by atoms with E-state index in [-0.39, 0.29) is 11.7 Å². The van der Waals surface area contributed by atoms with Gasteiger partial charge in [0.25, 0.3) is 5.91 Å². The Balaban J connectivity index is 1.66. The summed E-state index contributed by atoms with van der Waals surface area (Å²) in [5, 5.41) is 12.8. The fraction of sp³-hybridized carbons (Fsp3) is 0.381. The molecule has 1 aliphatic heterocycles. The van der Waals surface area contributed by atoms with Crippen molar-refractivity contribution in [2.45, 2.75) is 33.0 Å². The van der Waals surface area contributed by atoms with E-state index in [0.717, 1.165) is 48.4 Å². The molecule has 0 aromatic heterocycles. The van der Waals surface area contributed by atoms with Crippen molar-refractivity contribution in [3.63, 3.8) is 0 Å². The van der Waals surface area contributed by atoms with E-state index in [9.17, 15) is 9.90 Å². The topological polar surface area (TPSA) is 61.8 Å². The van der Waals surface area contributed by atoms with Crippen molar-refractivity contribution in [3.8, 4) is 5.75 Å². The smallest absolute Gasteiger partial charge is 0.255 e. The molecule has 138 valence electrons. The van der Waals surface area contributed by atoms with Gasteiger partial charge in [0, 0.05) is 38.9 Å². The molecule has 5 nitrogen and oxygen atoms in total. The van der Waals surface area contributed by atoms with E-state index in [0.29, 0.717) is 13.1 Å². The molecular formula is C21H26N2O3. The van der Waals surface area contributed by atoms with Crippen LogP contribution in [0.5, 0.6) is 5.75 Å². The summed E-state index contributed by atoms with van der Waals surface area (Å²) in [6, 6.07) is 11.3. The number of aromatic hydroxyl groups is 1. The number of methoxy groups -OCH3 is 1. The Kier molecular flexibility index (Phi) is 5.91. The van der Waals surface area contributed by atoms with Gasteiger partial charge in [0.1, 0.15) is 5.75 Å². The number of aryl methyl sites for hydroxylation is 1. The third-order valence-corrected chi connectivity index (χ3v) is 4.68. The average molecular weight is 354 g/mol. The fourth-order valence-electron chi connectivity index (χ4n) is 3.43. The number of hydrogen-bond donors (Lipinski definition) is 2. The summed E-state index contributed by atoms with van der Waals surface area (Å²) in [6.45, 7) is 5.66. The van der Waals surface area contributed by atoms with Crippen molar-refractivity contribution in [3.05, 3.63) is 64.2 Å². The number of ether oxygens (including phenoxy) is 1. The van der Waals surface area contributed by atoms with Crippen molar-refractivity contribution in [2.24, 2.45) is 0 Å². The zero-order chi connectivity index (χ0) is 18.5. The van der Waals surface area contributed by atoms with Gasteiger partial charge in [-0.05, 0) is 54.3 Å². The minimum atomic E-state index is 0.0881. The number of carbonyl (C=O) groups excluding carboxylic acids is 1. The van der Waals surface area contributed by atoms with Crippen molar-refractivity contribution >= 4 is 5.91 Å². The maximum absolute atomic E-state index is 12.8. The fourth-order valence-corrected chi connectivity index (χ4v) is 3.43. The van der Waals surface area contributed by atoms with Gasteiger partial charge >= 0.3 is 0 Å². The van der Waals surface area contributed by atoms with E-state index in [1.54, 1.807) is 19.2 Å². The highest BCUT2D eigenvalue weighted by Crippen LogP contribution is 2.28. The van der Waals surface area contributed by atoms with Crippen LogP contribution in [0.2, 0.25) is 0 Å². The number of phenolic OH excluding ortho intramolecular Hbond substituents is 1. The third-order valence-electron chi connectivity index (χ3n) is 4.68. The molecule has 5 heteroatoms. The summed E-state index contributed by atoms with van der Waals surface area (Å²) in [4.78, 5) is 14.6. The molecule has 3 rings (SSSR count). The van der Waals surface area contributed by atoms with Crippen LogP contribution in [-0.4, -0.2) is 36.2 Å². The van der Waals surface area contributed by atoms with E-state index >= 15 is 0 Å². The van der Waals surface area contributed by atoms with Gasteiger partial charge in [-0.1, -0.05) is 24.3 Å². The molecule has 0 saturated heterocycles. The maximum Gasteiger partial charge on any atom is 0.255 e. The number of amides is 1. The third kappa shape index (κ3) is 4.23. The van der Waals surface area contributed by atoms with Gasteiger partial charge in [-0.2, -0.15) is 0 Å². The molecule has 2 aromatic carbocycles. The summed E-state index contributed by atoms with van der Waals surface area (Å²) in [5.74, 6) is 0.327. The predicted octanol–water partition coefficient (Wildman–Crippen LogP) is 2.98. The van der Waals surface area contributed by atoms with Crippen LogP contribution in [0.1, 0.15) is 39.0 Å². The molecule has 2 N–H and O–H groups in total. The Morgan fingerprint density at radius 2 is 1.96 bits per heavy atom. The van der Waals surface area contributed by atoms with Crippen LogP contribution in [0.4, 0.5) is 0 Å². The van der Waals surface area contributed by atoms with Crippen LogP contribution in [0, 0.1) is 6.92 Å². The average Bonchev–Trinajstić information content (AvgIpc) is 2.93. The summed E-state index contributed by atoms with van der Waals surface area (Å²) in [5.41, 5.74) is 5.20. The number of rotatable bonds is 8. The lowest BCUT2D eigenvalue weighted by Gasteiger charge is -2.15. The van der Waals surface area contributed by atoms with E-state index < -0.39 is 0 Å². The molecular weight excluding hydrogens is 328 g/mol. The number of nitrogens with one attached hydrogen (secondary N) is 1. The summed E-state index contributed by atoms with van der Waals surface area (Å²) >= 11 is 0. The normalized spacial score (nSPS) is 13.3. The summed E-state index contributed by atoms with van der Waals surface area (Å²) < 4.78 is 5.06. The summed E-state index contributed by atoms with van der Waals surface area (Å²) in [6.07, 6.45) is 0.985. The standard InChI is InChI=1S/C21H26N2O3/c1-15-10-17(12-22-8-3-9-26-2)11-18-14-23(21(25)20(15)18)13-16-4-6-19(24)7-5-16/h4-7,10-11,22,24H,3,8-9,12-14H2,1-2H3.